The van der Waals surface area contributed by atoms with E-state index in [-0.39, 0.29) is 0 Å². The van der Waals surface area contributed by atoms with Gasteiger partial charge in [0.1, 0.15) is 0 Å². The number of nitrogens with zero attached hydrogens (tertiary/aromatic N) is 1. The lowest BCUT2D eigenvalue weighted by atomic mass is 10.0. The van der Waals surface area contributed by atoms with Crippen molar-refractivity contribution >= 4 is 5.69 Å². The lowest BCUT2D eigenvalue weighted by Crippen LogP contribution is -2.37. The van der Waals surface area contributed by atoms with Gasteiger partial charge in [-0.1, -0.05) is 25.1 Å². The molecule has 2 rings (SSSR count). The second-order valence-corrected chi connectivity index (χ2v) is 5.26. The Bertz CT molecular complexity index is 375. The zero-order valence-corrected chi connectivity index (χ0v) is 12.2. The third-order valence-electron chi connectivity index (χ3n) is 3.85. The van der Waals surface area contributed by atoms with Crippen LogP contribution in [0.5, 0.6) is 0 Å². The van der Waals surface area contributed by atoms with Gasteiger partial charge in [-0.05, 0) is 37.4 Å². The van der Waals surface area contributed by atoms with E-state index in [1.165, 1.54) is 17.7 Å². The van der Waals surface area contributed by atoms with Crippen molar-refractivity contribution in [2.75, 3.05) is 31.7 Å². The fourth-order valence-electron chi connectivity index (χ4n) is 2.67. The largest absolute Gasteiger partial charge is 0.381 e. The molecular formula is C16H26N2O. The Morgan fingerprint density at radius 2 is 2.00 bits per heavy atom. The molecule has 1 saturated heterocycles. The number of hydrogen-bond acceptors (Lipinski definition) is 3. The van der Waals surface area contributed by atoms with Gasteiger partial charge in [0.15, 0.2) is 0 Å². The average molecular weight is 262 g/mol. The van der Waals surface area contributed by atoms with Gasteiger partial charge >= 0.3 is 0 Å². The van der Waals surface area contributed by atoms with E-state index < -0.39 is 0 Å². The Balaban J connectivity index is 2.04. The maximum atomic E-state index is 5.46. The summed E-state index contributed by atoms with van der Waals surface area (Å²) in [6.07, 6.45) is 3.44. The van der Waals surface area contributed by atoms with Crippen LogP contribution >= 0.6 is 0 Å². The molecule has 3 nitrogen and oxygen atoms in total. The van der Waals surface area contributed by atoms with Crippen molar-refractivity contribution in [3.8, 4) is 0 Å². The van der Waals surface area contributed by atoms with Crippen LogP contribution in [0.4, 0.5) is 5.69 Å². The van der Waals surface area contributed by atoms with Gasteiger partial charge in [-0.25, -0.2) is 0 Å². The molecule has 1 fully saturated rings. The molecule has 1 aromatic rings. The van der Waals surface area contributed by atoms with E-state index in [4.69, 9.17) is 4.74 Å². The van der Waals surface area contributed by atoms with Gasteiger partial charge < -0.3 is 15.0 Å². The highest BCUT2D eigenvalue weighted by atomic mass is 16.5. The van der Waals surface area contributed by atoms with Crippen LogP contribution in [0, 0.1) is 0 Å². The first kappa shape index (κ1) is 14.4. The van der Waals surface area contributed by atoms with Crippen molar-refractivity contribution in [1.82, 2.24) is 5.32 Å². The molecule has 0 aliphatic carbocycles. The molecule has 3 heteroatoms. The number of para-hydroxylation sites is 1. The van der Waals surface area contributed by atoms with Crippen molar-refractivity contribution in [1.29, 1.82) is 0 Å². The molecule has 0 aromatic heterocycles. The van der Waals surface area contributed by atoms with Crippen LogP contribution in [0.15, 0.2) is 24.3 Å². The van der Waals surface area contributed by atoms with Gasteiger partial charge in [0.05, 0.1) is 0 Å². The summed E-state index contributed by atoms with van der Waals surface area (Å²) in [5.41, 5.74) is 2.75. The predicted molar refractivity (Wildman–Crippen MR) is 80.7 cm³/mol. The Hall–Kier alpha value is -1.06. The fourth-order valence-corrected chi connectivity index (χ4v) is 2.67. The molecule has 1 heterocycles. The number of ether oxygens (including phenoxy) is 1. The van der Waals surface area contributed by atoms with E-state index in [0.717, 1.165) is 39.1 Å². The summed E-state index contributed by atoms with van der Waals surface area (Å²) < 4.78 is 5.46. The normalized spacial score (nSPS) is 16.5. The van der Waals surface area contributed by atoms with Crippen molar-refractivity contribution in [3.63, 3.8) is 0 Å². The van der Waals surface area contributed by atoms with Crippen LogP contribution in [0.2, 0.25) is 0 Å². The predicted octanol–water partition coefficient (Wildman–Crippen LogP) is 2.80. The SMILES string of the molecule is CCCNCc1ccccc1N(C)C1CCOCC1. The van der Waals surface area contributed by atoms with Crippen molar-refractivity contribution < 1.29 is 4.74 Å². The zero-order chi connectivity index (χ0) is 13.5. The molecule has 1 N–H and O–H groups in total. The quantitative estimate of drug-likeness (QED) is 0.798. The summed E-state index contributed by atoms with van der Waals surface area (Å²) in [5, 5.41) is 3.50. The molecular weight excluding hydrogens is 236 g/mol. The summed E-state index contributed by atoms with van der Waals surface area (Å²) in [4.78, 5) is 2.44. The lowest BCUT2D eigenvalue weighted by Gasteiger charge is -2.34. The first-order valence-electron chi connectivity index (χ1n) is 7.42. The van der Waals surface area contributed by atoms with E-state index in [1.807, 2.05) is 0 Å². The third-order valence-corrected chi connectivity index (χ3v) is 3.85. The number of hydrogen-bond donors (Lipinski definition) is 1. The molecule has 106 valence electrons. The van der Waals surface area contributed by atoms with Crippen LogP contribution in [-0.2, 0) is 11.3 Å². The van der Waals surface area contributed by atoms with Crippen LogP contribution in [-0.4, -0.2) is 32.8 Å². The second kappa shape index (κ2) is 7.51. The Labute approximate surface area is 116 Å². The fraction of sp³-hybridized carbons (Fsp3) is 0.625. The Morgan fingerprint density at radius 1 is 1.26 bits per heavy atom. The molecule has 1 aromatic carbocycles. The molecule has 0 amide bonds. The molecule has 1 aliphatic rings. The van der Waals surface area contributed by atoms with Gasteiger partial charge in [0, 0.05) is 38.5 Å². The molecule has 0 bridgehead atoms. The van der Waals surface area contributed by atoms with Crippen LogP contribution in [0.25, 0.3) is 0 Å². The second-order valence-electron chi connectivity index (χ2n) is 5.26. The first-order chi connectivity index (χ1) is 9.33. The smallest absolute Gasteiger partial charge is 0.0485 e. The van der Waals surface area contributed by atoms with Crippen LogP contribution in [0.1, 0.15) is 31.7 Å². The molecule has 0 spiro atoms. The third kappa shape index (κ3) is 3.95. The first-order valence-corrected chi connectivity index (χ1v) is 7.42. The van der Waals surface area contributed by atoms with E-state index in [2.05, 4.69) is 48.5 Å². The maximum absolute atomic E-state index is 5.46. The monoisotopic (exact) mass is 262 g/mol. The number of anilines is 1. The molecule has 0 unspecified atom stereocenters. The number of nitrogens with one attached hydrogen (secondary N) is 1. The molecule has 19 heavy (non-hydrogen) atoms. The summed E-state index contributed by atoms with van der Waals surface area (Å²) >= 11 is 0. The molecule has 0 saturated carbocycles. The van der Waals surface area contributed by atoms with E-state index in [0.29, 0.717) is 6.04 Å². The van der Waals surface area contributed by atoms with Gasteiger partial charge in [0.25, 0.3) is 0 Å². The summed E-state index contributed by atoms with van der Waals surface area (Å²) in [6.45, 7) is 6.02. The van der Waals surface area contributed by atoms with Crippen LogP contribution < -0.4 is 10.2 Å². The standard InChI is InChI=1S/C16H26N2O/c1-3-10-17-13-14-6-4-5-7-16(14)18(2)15-8-11-19-12-9-15/h4-7,15,17H,3,8-13H2,1-2H3. The molecule has 0 atom stereocenters. The summed E-state index contributed by atoms with van der Waals surface area (Å²) in [6, 6.07) is 9.34. The van der Waals surface area contributed by atoms with Gasteiger partial charge in [-0.3, -0.25) is 0 Å². The minimum atomic E-state index is 0.612. The minimum Gasteiger partial charge on any atom is -0.381 e. The summed E-state index contributed by atoms with van der Waals surface area (Å²) in [7, 11) is 2.22. The van der Waals surface area contributed by atoms with Gasteiger partial charge in [-0.2, -0.15) is 0 Å². The Morgan fingerprint density at radius 3 is 2.74 bits per heavy atom. The topological polar surface area (TPSA) is 24.5 Å². The number of benzene rings is 1. The van der Waals surface area contributed by atoms with E-state index in [9.17, 15) is 0 Å². The highest BCUT2D eigenvalue weighted by molar-refractivity contribution is 5.53. The van der Waals surface area contributed by atoms with Crippen molar-refractivity contribution in [2.45, 2.75) is 38.8 Å². The van der Waals surface area contributed by atoms with E-state index in [1.54, 1.807) is 0 Å². The zero-order valence-electron chi connectivity index (χ0n) is 12.2. The maximum Gasteiger partial charge on any atom is 0.0485 e. The van der Waals surface area contributed by atoms with Crippen LogP contribution in [0.3, 0.4) is 0 Å². The summed E-state index contributed by atoms with van der Waals surface area (Å²) in [5.74, 6) is 0. The van der Waals surface area contributed by atoms with Gasteiger partial charge in [0.2, 0.25) is 0 Å². The molecule has 0 radical (unpaired) electrons. The van der Waals surface area contributed by atoms with E-state index >= 15 is 0 Å². The minimum absolute atomic E-state index is 0.612. The lowest BCUT2D eigenvalue weighted by molar-refractivity contribution is 0.0854. The van der Waals surface area contributed by atoms with Crippen molar-refractivity contribution in [2.24, 2.45) is 0 Å². The Kier molecular flexibility index (Phi) is 5.67. The number of rotatable bonds is 6. The molecule has 1 aliphatic heterocycles. The van der Waals surface area contributed by atoms with Crippen molar-refractivity contribution in [3.05, 3.63) is 29.8 Å². The average Bonchev–Trinajstić information content (AvgIpc) is 2.48. The highest BCUT2D eigenvalue weighted by Crippen LogP contribution is 2.24. The highest BCUT2D eigenvalue weighted by Gasteiger charge is 2.20. The van der Waals surface area contributed by atoms with Gasteiger partial charge in [-0.15, -0.1) is 0 Å².